The predicted octanol–water partition coefficient (Wildman–Crippen LogP) is -1.06. The summed E-state index contributed by atoms with van der Waals surface area (Å²) in [6.07, 6.45) is -0.398. The minimum Gasteiger partial charge on any atom is -0.369 e. The molecule has 0 saturated heterocycles. The second-order valence-corrected chi connectivity index (χ2v) is 2.18. The Kier molecular flexibility index (Phi) is 2.64. The van der Waals surface area contributed by atoms with Gasteiger partial charge in [0.1, 0.15) is 6.16 Å². The minimum atomic E-state index is -2.66. The van der Waals surface area contributed by atoms with E-state index in [-0.39, 0.29) is 0 Å². The van der Waals surface area contributed by atoms with E-state index in [1.807, 2.05) is 0 Å². The molecule has 0 rings (SSSR count). The topological polar surface area (TPSA) is 80.4 Å². The molecule has 0 spiro atoms. The predicted molar refractivity (Wildman–Crippen MR) is 25.3 cm³/mol. The van der Waals surface area contributed by atoms with E-state index < -0.39 is 20.1 Å². The molecule has 0 aromatic rings. The molecule has 7 heavy (non-hydrogen) atoms. The average molecular weight is 123 g/mol. The number of nitrogens with two attached hydrogens (primary N) is 1. The van der Waals surface area contributed by atoms with Gasteiger partial charge in [-0.15, -0.1) is 0 Å². The van der Waals surface area contributed by atoms with Gasteiger partial charge in [-0.25, -0.2) is 0 Å². The molecule has 0 saturated carbocycles. The molecular formula is C2H6NO3P. The highest BCUT2D eigenvalue weighted by atomic mass is 31.1. The highest BCUT2D eigenvalue weighted by Gasteiger charge is 1.95. The first-order valence-corrected chi connectivity index (χ1v) is 3.19. The van der Waals surface area contributed by atoms with Crippen LogP contribution in [0, 0.1) is 0 Å². The number of amides is 1. The second-order valence-electron chi connectivity index (χ2n) is 1.04. The first kappa shape index (κ1) is 6.66. The molecule has 0 heterocycles. The van der Waals surface area contributed by atoms with Gasteiger partial charge in [0.15, 0.2) is 8.03 Å². The summed E-state index contributed by atoms with van der Waals surface area (Å²) in [5.74, 6) is -0.730. The SMILES string of the molecule is NC(=O)C[PH](=O)O. The van der Waals surface area contributed by atoms with Crippen LogP contribution in [0.5, 0.6) is 0 Å². The molecule has 0 aliphatic heterocycles. The summed E-state index contributed by atoms with van der Waals surface area (Å²) < 4.78 is 9.69. The Balaban J connectivity index is 3.32. The number of carbonyl (C=O) groups excluding carboxylic acids is 1. The van der Waals surface area contributed by atoms with Crippen LogP contribution in [-0.2, 0) is 9.36 Å². The molecular weight excluding hydrogens is 117 g/mol. The first-order valence-electron chi connectivity index (χ1n) is 1.63. The molecule has 0 radical (unpaired) electrons. The van der Waals surface area contributed by atoms with E-state index in [0.717, 1.165) is 0 Å². The van der Waals surface area contributed by atoms with Crippen LogP contribution < -0.4 is 5.73 Å². The normalized spacial score (nSPS) is 13.3. The smallest absolute Gasteiger partial charge is 0.226 e. The van der Waals surface area contributed by atoms with Crippen molar-refractivity contribution in [1.29, 1.82) is 0 Å². The van der Waals surface area contributed by atoms with Gasteiger partial charge in [0.05, 0.1) is 0 Å². The number of rotatable bonds is 2. The Hall–Kier alpha value is -0.340. The maximum absolute atomic E-state index is 9.70. The zero-order valence-corrected chi connectivity index (χ0v) is 4.55. The van der Waals surface area contributed by atoms with Crippen LogP contribution in [0.4, 0.5) is 0 Å². The number of carbonyl (C=O) groups is 1. The highest BCUT2D eigenvalue weighted by Crippen LogP contribution is 2.09. The molecule has 0 fully saturated rings. The van der Waals surface area contributed by atoms with Crippen molar-refractivity contribution in [2.75, 3.05) is 6.16 Å². The molecule has 3 N–H and O–H groups in total. The fraction of sp³-hybridized carbons (Fsp3) is 0.500. The molecule has 0 aromatic carbocycles. The molecule has 0 bridgehead atoms. The monoisotopic (exact) mass is 123 g/mol. The van der Waals surface area contributed by atoms with Crippen LogP contribution >= 0.6 is 8.03 Å². The number of hydrogen-bond acceptors (Lipinski definition) is 2. The van der Waals surface area contributed by atoms with Crippen molar-refractivity contribution in [2.24, 2.45) is 5.73 Å². The van der Waals surface area contributed by atoms with Crippen molar-refractivity contribution in [1.82, 2.24) is 0 Å². The molecule has 1 unspecified atom stereocenters. The van der Waals surface area contributed by atoms with E-state index in [9.17, 15) is 9.36 Å². The zero-order chi connectivity index (χ0) is 5.86. The Morgan fingerprint density at radius 3 is 2.29 bits per heavy atom. The lowest BCUT2D eigenvalue weighted by Gasteiger charge is -1.83. The lowest BCUT2D eigenvalue weighted by atomic mass is 10.8. The number of primary amides is 1. The summed E-state index contributed by atoms with van der Waals surface area (Å²) in [5, 5.41) is 0. The first-order chi connectivity index (χ1) is 3.13. The van der Waals surface area contributed by atoms with Crippen LogP contribution in [0.2, 0.25) is 0 Å². The summed E-state index contributed by atoms with van der Waals surface area (Å²) in [6, 6.07) is 0. The fourth-order valence-electron chi connectivity index (χ4n) is 0.149. The van der Waals surface area contributed by atoms with Crippen LogP contribution in [0.1, 0.15) is 0 Å². The molecule has 1 atom stereocenters. The lowest BCUT2D eigenvalue weighted by Crippen LogP contribution is -2.12. The minimum absolute atomic E-state index is 0.398. The molecule has 0 aliphatic carbocycles. The van der Waals surface area contributed by atoms with Gasteiger partial charge >= 0.3 is 0 Å². The standard InChI is InChI=1S/C2H6NO3P/c3-2(4)1-7(5)6/h7H,1H2,(H2,3,4)(H,5,6). The van der Waals surface area contributed by atoms with Crippen LogP contribution in [-0.4, -0.2) is 17.0 Å². The van der Waals surface area contributed by atoms with Gasteiger partial charge < -0.3 is 10.6 Å². The van der Waals surface area contributed by atoms with Crippen LogP contribution in [0.25, 0.3) is 0 Å². The molecule has 1 amide bonds. The third kappa shape index (κ3) is 5.66. The maximum atomic E-state index is 9.70. The third-order valence-electron chi connectivity index (χ3n) is 0.325. The van der Waals surface area contributed by atoms with Gasteiger partial charge in [-0.05, 0) is 0 Å². The quantitative estimate of drug-likeness (QED) is 0.459. The molecule has 5 heteroatoms. The number of hydrogen-bond donors (Lipinski definition) is 2. The molecule has 0 aromatic heterocycles. The van der Waals surface area contributed by atoms with Gasteiger partial charge in [0.2, 0.25) is 5.91 Å². The van der Waals surface area contributed by atoms with E-state index in [2.05, 4.69) is 5.73 Å². The van der Waals surface area contributed by atoms with Crippen molar-refractivity contribution < 1.29 is 14.3 Å². The fourth-order valence-corrected chi connectivity index (χ4v) is 0.447. The van der Waals surface area contributed by atoms with E-state index >= 15 is 0 Å². The summed E-state index contributed by atoms with van der Waals surface area (Å²) >= 11 is 0. The largest absolute Gasteiger partial charge is 0.369 e. The molecule has 42 valence electrons. The maximum Gasteiger partial charge on any atom is 0.226 e. The van der Waals surface area contributed by atoms with Crippen molar-refractivity contribution in [3.05, 3.63) is 0 Å². The zero-order valence-electron chi connectivity index (χ0n) is 3.55. The van der Waals surface area contributed by atoms with Gasteiger partial charge in [-0.1, -0.05) is 0 Å². The lowest BCUT2D eigenvalue weighted by molar-refractivity contribution is -0.115. The Morgan fingerprint density at radius 2 is 2.29 bits per heavy atom. The van der Waals surface area contributed by atoms with E-state index in [1.54, 1.807) is 0 Å². The summed E-state index contributed by atoms with van der Waals surface area (Å²) in [6.45, 7) is 0. The van der Waals surface area contributed by atoms with E-state index in [4.69, 9.17) is 4.89 Å². The van der Waals surface area contributed by atoms with Crippen molar-refractivity contribution in [2.45, 2.75) is 0 Å². The van der Waals surface area contributed by atoms with Gasteiger partial charge in [-0.2, -0.15) is 0 Å². The Labute approximate surface area is 41.2 Å². The van der Waals surface area contributed by atoms with Gasteiger partial charge in [0, 0.05) is 0 Å². The van der Waals surface area contributed by atoms with Crippen molar-refractivity contribution in [3.8, 4) is 0 Å². The van der Waals surface area contributed by atoms with Gasteiger partial charge in [-0.3, -0.25) is 9.36 Å². The Bertz CT molecular complexity index is 89.1. The van der Waals surface area contributed by atoms with E-state index in [1.165, 1.54) is 0 Å². The van der Waals surface area contributed by atoms with Crippen molar-refractivity contribution in [3.63, 3.8) is 0 Å². The van der Waals surface area contributed by atoms with E-state index in [0.29, 0.717) is 0 Å². The van der Waals surface area contributed by atoms with Crippen LogP contribution in [0.3, 0.4) is 0 Å². The molecule has 0 aliphatic rings. The molecule has 4 nitrogen and oxygen atoms in total. The van der Waals surface area contributed by atoms with Gasteiger partial charge in [0.25, 0.3) is 0 Å². The summed E-state index contributed by atoms with van der Waals surface area (Å²) in [7, 11) is -2.66. The summed E-state index contributed by atoms with van der Waals surface area (Å²) in [4.78, 5) is 17.7. The van der Waals surface area contributed by atoms with Crippen molar-refractivity contribution >= 4 is 13.9 Å². The second kappa shape index (κ2) is 2.77. The van der Waals surface area contributed by atoms with Crippen LogP contribution in [0.15, 0.2) is 0 Å². The Morgan fingerprint density at radius 1 is 1.86 bits per heavy atom. The average Bonchev–Trinajstić information content (AvgIpc) is 1.27. The highest BCUT2D eigenvalue weighted by molar-refractivity contribution is 7.39. The summed E-state index contributed by atoms with van der Waals surface area (Å²) in [5.41, 5.74) is 4.52. The third-order valence-corrected chi connectivity index (χ3v) is 0.976.